The van der Waals surface area contributed by atoms with E-state index in [0.29, 0.717) is 19.6 Å². The van der Waals surface area contributed by atoms with Gasteiger partial charge in [0, 0.05) is 25.6 Å². The van der Waals surface area contributed by atoms with Crippen molar-refractivity contribution in [2.75, 3.05) is 20.2 Å². The molecule has 0 saturated carbocycles. The average Bonchev–Trinajstić information content (AvgIpc) is 2.43. The number of carbonyl (C=O) groups is 1. The van der Waals surface area contributed by atoms with Crippen molar-refractivity contribution in [2.45, 2.75) is 20.4 Å². The molecule has 1 atom stereocenters. The lowest BCUT2D eigenvalue weighted by atomic mass is 10.1. The Morgan fingerprint density at radius 3 is 2.68 bits per heavy atom. The van der Waals surface area contributed by atoms with Crippen LogP contribution in [0.3, 0.4) is 0 Å². The summed E-state index contributed by atoms with van der Waals surface area (Å²) < 4.78 is 18.4. The quantitative estimate of drug-likeness (QED) is 0.855. The van der Waals surface area contributed by atoms with Crippen molar-refractivity contribution >= 4 is 5.91 Å². The second kappa shape index (κ2) is 7.09. The first-order valence-electron chi connectivity index (χ1n) is 6.34. The van der Waals surface area contributed by atoms with Crippen molar-refractivity contribution in [3.05, 3.63) is 29.6 Å². The van der Waals surface area contributed by atoms with Crippen LogP contribution in [0.1, 0.15) is 19.4 Å². The van der Waals surface area contributed by atoms with Crippen LogP contribution in [0.25, 0.3) is 0 Å². The van der Waals surface area contributed by atoms with Gasteiger partial charge in [-0.25, -0.2) is 4.39 Å². The molecule has 0 fully saturated rings. The summed E-state index contributed by atoms with van der Waals surface area (Å²) in [5.41, 5.74) is 6.23. The summed E-state index contributed by atoms with van der Waals surface area (Å²) in [6.45, 7) is 4.93. The zero-order chi connectivity index (χ0) is 14.4. The molecule has 19 heavy (non-hydrogen) atoms. The Labute approximate surface area is 113 Å². The second-order valence-electron chi connectivity index (χ2n) is 4.46. The molecular weight excluding hydrogens is 247 g/mol. The molecule has 1 unspecified atom stereocenters. The maximum atomic E-state index is 13.6. The summed E-state index contributed by atoms with van der Waals surface area (Å²) in [6.07, 6.45) is 0. The fourth-order valence-corrected chi connectivity index (χ4v) is 1.79. The largest absolute Gasteiger partial charge is 0.494 e. The summed E-state index contributed by atoms with van der Waals surface area (Å²) in [7, 11) is 1.42. The van der Waals surface area contributed by atoms with Crippen LogP contribution in [0.15, 0.2) is 18.2 Å². The van der Waals surface area contributed by atoms with Gasteiger partial charge in [-0.05, 0) is 24.6 Å². The molecule has 2 N–H and O–H groups in total. The van der Waals surface area contributed by atoms with Gasteiger partial charge in [0.25, 0.3) is 0 Å². The minimum atomic E-state index is -0.421. The van der Waals surface area contributed by atoms with E-state index in [1.165, 1.54) is 13.2 Å². The van der Waals surface area contributed by atoms with Gasteiger partial charge in [0.15, 0.2) is 11.6 Å². The van der Waals surface area contributed by atoms with Gasteiger partial charge in [0.1, 0.15) is 0 Å². The highest BCUT2D eigenvalue weighted by atomic mass is 19.1. The van der Waals surface area contributed by atoms with Crippen LogP contribution >= 0.6 is 0 Å². The van der Waals surface area contributed by atoms with Gasteiger partial charge in [-0.3, -0.25) is 4.79 Å². The molecule has 1 amide bonds. The van der Waals surface area contributed by atoms with Crippen molar-refractivity contribution in [1.29, 1.82) is 0 Å². The van der Waals surface area contributed by atoms with E-state index >= 15 is 0 Å². The van der Waals surface area contributed by atoms with Crippen LogP contribution in [0.2, 0.25) is 0 Å². The SMILES string of the molecule is CCN(Cc1ccc(OC)c(F)c1)C(=O)C(C)CN. The zero-order valence-electron chi connectivity index (χ0n) is 11.6. The minimum Gasteiger partial charge on any atom is -0.494 e. The lowest BCUT2D eigenvalue weighted by Gasteiger charge is -2.24. The van der Waals surface area contributed by atoms with Crippen LogP contribution in [0, 0.1) is 11.7 Å². The topological polar surface area (TPSA) is 55.6 Å². The first kappa shape index (κ1) is 15.4. The maximum absolute atomic E-state index is 13.6. The third-order valence-electron chi connectivity index (χ3n) is 3.06. The smallest absolute Gasteiger partial charge is 0.226 e. The van der Waals surface area contributed by atoms with Crippen molar-refractivity contribution in [3.8, 4) is 5.75 Å². The molecule has 5 heteroatoms. The molecular formula is C14H21FN2O2. The summed E-state index contributed by atoms with van der Waals surface area (Å²) >= 11 is 0. The summed E-state index contributed by atoms with van der Waals surface area (Å²) in [4.78, 5) is 13.7. The van der Waals surface area contributed by atoms with E-state index < -0.39 is 5.82 Å². The number of benzene rings is 1. The molecule has 0 radical (unpaired) electrons. The molecule has 0 aliphatic heterocycles. The van der Waals surface area contributed by atoms with Gasteiger partial charge in [-0.2, -0.15) is 0 Å². The molecule has 0 aliphatic rings. The predicted molar refractivity (Wildman–Crippen MR) is 72.3 cm³/mol. The Morgan fingerprint density at radius 2 is 2.21 bits per heavy atom. The van der Waals surface area contributed by atoms with Crippen molar-refractivity contribution in [2.24, 2.45) is 11.7 Å². The van der Waals surface area contributed by atoms with Crippen molar-refractivity contribution < 1.29 is 13.9 Å². The molecule has 106 valence electrons. The second-order valence-corrected chi connectivity index (χ2v) is 4.46. The van der Waals surface area contributed by atoms with Crippen LogP contribution in [0.4, 0.5) is 4.39 Å². The van der Waals surface area contributed by atoms with E-state index in [4.69, 9.17) is 10.5 Å². The van der Waals surface area contributed by atoms with Crippen LogP contribution < -0.4 is 10.5 Å². The average molecular weight is 268 g/mol. The number of halogens is 1. The number of amides is 1. The van der Waals surface area contributed by atoms with E-state index in [1.807, 2.05) is 6.92 Å². The van der Waals surface area contributed by atoms with Crippen molar-refractivity contribution in [1.82, 2.24) is 4.90 Å². The number of hydrogen-bond acceptors (Lipinski definition) is 3. The highest BCUT2D eigenvalue weighted by Gasteiger charge is 2.18. The number of nitrogens with zero attached hydrogens (tertiary/aromatic N) is 1. The maximum Gasteiger partial charge on any atom is 0.226 e. The van der Waals surface area contributed by atoms with Crippen LogP contribution in [-0.2, 0) is 11.3 Å². The lowest BCUT2D eigenvalue weighted by molar-refractivity contribution is -0.135. The Balaban J connectivity index is 2.81. The number of methoxy groups -OCH3 is 1. The molecule has 0 aliphatic carbocycles. The molecule has 1 rings (SSSR count). The molecule has 0 bridgehead atoms. The van der Waals surface area contributed by atoms with E-state index in [0.717, 1.165) is 5.56 Å². The van der Waals surface area contributed by atoms with Crippen LogP contribution in [-0.4, -0.2) is 31.0 Å². The monoisotopic (exact) mass is 268 g/mol. The first-order valence-corrected chi connectivity index (χ1v) is 6.34. The molecule has 0 spiro atoms. The number of nitrogens with two attached hydrogens (primary N) is 1. The van der Waals surface area contributed by atoms with E-state index in [2.05, 4.69) is 0 Å². The van der Waals surface area contributed by atoms with Gasteiger partial charge < -0.3 is 15.4 Å². The molecule has 0 heterocycles. The summed E-state index contributed by atoms with van der Waals surface area (Å²) in [5.74, 6) is -0.451. The number of carbonyl (C=O) groups excluding carboxylic acids is 1. The highest BCUT2D eigenvalue weighted by Crippen LogP contribution is 2.19. The molecule has 1 aromatic rings. The van der Waals surface area contributed by atoms with Crippen molar-refractivity contribution in [3.63, 3.8) is 0 Å². The van der Waals surface area contributed by atoms with Gasteiger partial charge in [0.2, 0.25) is 5.91 Å². The molecule has 4 nitrogen and oxygen atoms in total. The Kier molecular flexibility index (Phi) is 5.76. The normalized spacial score (nSPS) is 12.1. The van der Waals surface area contributed by atoms with Gasteiger partial charge in [-0.1, -0.05) is 13.0 Å². The first-order chi connectivity index (χ1) is 9.03. The predicted octanol–water partition coefficient (Wildman–Crippen LogP) is 1.78. The number of ether oxygens (including phenoxy) is 1. The Bertz CT molecular complexity index is 437. The zero-order valence-corrected chi connectivity index (χ0v) is 11.6. The molecule has 1 aromatic carbocycles. The van der Waals surface area contributed by atoms with E-state index in [-0.39, 0.29) is 17.6 Å². The third kappa shape index (κ3) is 3.92. The van der Waals surface area contributed by atoms with E-state index in [9.17, 15) is 9.18 Å². The minimum absolute atomic E-state index is 0.0128. The lowest BCUT2D eigenvalue weighted by Crippen LogP contribution is -2.37. The highest BCUT2D eigenvalue weighted by molar-refractivity contribution is 5.78. The number of hydrogen-bond donors (Lipinski definition) is 1. The molecule has 0 aromatic heterocycles. The fourth-order valence-electron chi connectivity index (χ4n) is 1.79. The van der Waals surface area contributed by atoms with Crippen LogP contribution in [0.5, 0.6) is 5.75 Å². The Hall–Kier alpha value is -1.62. The standard InChI is InChI=1S/C14H21FN2O2/c1-4-17(14(18)10(2)8-16)9-11-5-6-13(19-3)12(15)7-11/h5-7,10H,4,8-9,16H2,1-3H3. The summed E-state index contributed by atoms with van der Waals surface area (Å²) in [5, 5.41) is 0. The number of rotatable bonds is 6. The third-order valence-corrected chi connectivity index (χ3v) is 3.06. The molecule has 0 saturated heterocycles. The van der Waals surface area contributed by atoms with E-state index in [1.54, 1.807) is 24.0 Å². The Morgan fingerprint density at radius 1 is 1.53 bits per heavy atom. The van der Waals surface area contributed by atoms with Gasteiger partial charge >= 0.3 is 0 Å². The van der Waals surface area contributed by atoms with Gasteiger partial charge in [0.05, 0.1) is 7.11 Å². The van der Waals surface area contributed by atoms with Gasteiger partial charge in [-0.15, -0.1) is 0 Å². The fraction of sp³-hybridized carbons (Fsp3) is 0.500. The summed E-state index contributed by atoms with van der Waals surface area (Å²) in [6, 6.07) is 4.71.